The zero-order valence-corrected chi connectivity index (χ0v) is 12.7. The van der Waals surface area contributed by atoms with Gasteiger partial charge >= 0.3 is 12.1 Å². The molecule has 0 saturated heterocycles. The van der Waals surface area contributed by atoms with Gasteiger partial charge < -0.3 is 5.11 Å². The van der Waals surface area contributed by atoms with Gasteiger partial charge in [-0.15, -0.1) is 0 Å². The summed E-state index contributed by atoms with van der Waals surface area (Å²) in [4.78, 5) is 15.4. The van der Waals surface area contributed by atoms with Crippen LogP contribution in [0.1, 0.15) is 15.9 Å². The molecule has 1 N–H and O–H groups in total. The van der Waals surface area contributed by atoms with E-state index in [0.717, 1.165) is 12.1 Å². The van der Waals surface area contributed by atoms with E-state index in [1.165, 1.54) is 30.3 Å². The number of aromatic nitrogens is 1. The first kappa shape index (κ1) is 16.3. The first-order valence-electron chi connectivity index (χ1n) is 6.77. The number of hydrogen-bond donors (Lipinski definition) is 1. The summed E-state index contributed by atoms with van der Waals surface area (Å²) in [6.07, 6.45) is -4.41. The van der Waals surface area contributed by atoms with E-state index in [2.05, 4.69) is 4.98 Å². The van der Waals surface area contributed by atoms with Crippen molar-refractivity contribution in [1.29, 1.82) is 0 Å². The minimum atomic E-state index is -4.41. The van der Waals surface area contributed by atoms with Crippen LogP contribution >= 0.6 is 11.6 Å². The molecule has 0 radical (unpaired) electrons. The molecular weight excluding hydrogens is 343 g/mol. The van der Waals surface area contributed by atoms with E-state index in [-0.39, 0.29) is 5.56 Å². The van der Waals surface area contributed by atoms with Crippen molar-refractivity contribution < 1.29 is 23.1 Å². The van der Waals surface area contributed by atoms with Crippen molar-refractivity contribution in [2.45, 2.75) is 6.18 Å². The van der Waals surface area contributed by atoms with Crippen molar-refractivity contribution in [2.75, 3.05) is 0 Å². The molecule has 0 aliphatic carbocycles. The van der Waals surface area contributed by atoms with Crippen molar-refractivity contribution in [3.8, 4) is 11.3 Å². The average Bonchev–Trinajstić information content (AvgIpc) is 2.53. The highest BCUT2D eigenvalue weighted by Gasteiger charge is 2.30. The van der Waals surface area contributed by atoms with Crippen LogP contribution < -0.4 is 0 Å². The van der Waals surface area contributed by atoms with E-state index >= 15 is 0 Å². The number of aromatic carboxylic acids is 1. The van der Waals surface area contributed by atoms with Gasteiger partial charge in [-0.3, -0.25) is 0 Å². The highest BCUT2D eigenvalue weighted by atomic mass is 35.5. The standard InChI is InChI=1S/C17H9ClF3NO2/c18-13-8-14(9-1-4-11(5-2-9)17(19,20)21)22-15-7-10(16(23)24)3-6-12(13)15/h1-8H,(H,23,24). The summed E-state index contributed by atoms with van der Waals surface area (Å²) in [5.41, 5.74) is 0.468. The maximum absolute atomic E-state index is 12.6. The van der Waals surface area contributed by atoms with Gasteiger partial charge in [-0.1, -0.05) is 29.8 Å². The molecule has 3 rings (SSSR count). The number of benzene rings is 2. The van der Waals surface area contributed by atoms with Gasteiger partial charge in [0, 0.05) is 10.9 Å². The Labute approximate surface area is 139 Å². The zero-order valence-electron chi connectivity index (χ0n) is 11.9. The first-order chi connectivity index (χ1) is 11.3. The number of hydrogen-bond acceptors (Lipinski definition) is 2. The smallest absolute Gasteiger partial charge is 0.416 e. The maximum atomic E-state index is 12.6. The van der Waals surface area contributed by atoms with Crippen LogP contribution in [0, 0.1) is 0 Å². The van der Waals surface area contributed by atoms with E-state index in [1.807, 2.05) is 0 Å². The number of halogens is 4. The van der Waals surface area contributed by atoms with E-state index in [4.69, 9.17) is 16.7 Å². The molecule has 122 valence electrons. The number of pyridine rings is 1. The molecule has 0 atom stereocenters. The number of rotatable bonds is 2. The Bertz CT molecular complexity index is 937. The maximum Gasteiger partial charge on any atom is 0.416 e. The lowest BCUT2D eigenvalue weighted by Crippen LogP contribution is -2.04. The minimum Gasteiger partial charge on any atom is -0.478 e. The van der Waals surface area contributed by atoms with Gasteiger partial charge in [-0.05, 0) is 30.3 Å². The van der Waals surface area contributed by atoms with E-state index < -0.39 is 17.7 Å². The minimum absolute atomic E-state index is 0.0515. The third kappa shape index (κ3) is 3.05. The fraction of sp³-hybridized carbons (Fsp3) is 0.0588. The molecule has 0 saturated carbocycles. The number of nitrogens with zero attached hydrogens (tertiary/aromatic N) is 1. The molecule has 0 bridgehead atoms. The molecule has 0 aliphatic heterocycles. The third-order valence-corrected chi connectivity index (χ3v) is 3.83. The second kappa shape index (κ2) is 5.79. The molecule has 0 aliphatic rings. The first-order valence-corrected chi connectivity index (χ1v) is 7.15. The second-order valence-electron chi connectivity index (χ2n) is 5.10. The molecule has 1 heterocycles. The van der Waals surface area contributed by atoms with Crippen molar-refractivity contribution in [2.24, 2.45) is 0 Å². The molecule has 7 heteroatoms. The van der Waals surface area contributed by atoms with Gasteiger partial charge in [0.25, 0.3) is 0 Å². The summed E-state index contributed by atoms with van der Waals surface area (Å²) in [5, 5.41) is 9.95. The van der Waals surface area contributed by atoms with Crippen LogP contribution in [0.3, 0.4) is 0 Å². The van der Waals surface area contributed by atoms with E-state index in [9.17, 15) is 18.0 Å². The molecule has 0 unspecified atom stereocenters. The highest BCUT2D eigenvalue weighted by Crippen LogP contribution is 2.32. The number of fused-ring (bicyclic) bond motifs is 1. The molecule has 0 fully saturated rings. The van der Waals surface area contributed by atoms with Crippen LogP contribution in [-0.4, -0.2) is 16.1 Å². The van der Waals surface area contributed by atoms with E-state index in [0.29, 0.717) is 27.2 Å². The number of carboxylic acid groups (broad SMARTS) is 1. The predicted molar refractivity (Wildman–Crippen MR) is 84.2 cm³/mol. The third-order valence-electron chi connectivity index (χ3n) is 3.51. The monoisotopic (exact) mass is 351 g/mol. The lowest BCUT2D eigenvalue weighted by molar-refractivity contribution is -0.137. The number of carbonyl (C=O) groups is 1. The fourth-order valence-corrected chi connectivity index (χ4v) is 2.56. The van der Waals surface area contributed by atoms with Crippen molar-refractivity contribution in [1.82, 2.24) is 4.98 Å². The van der Waals surface area contributed by atoms with Gasteiger partial charge in [0.1, 0.15) is 0 Å². The van der Waals surface area contributed by atoms with Crippen LogP contribution in [0.15, 0.2) is 48.5 Å². The largest absolute Gasteiger partial charge is 0.478 e. The Hall–Kier alpha value is -2.60. The highest BCUT2D eigenvalue weighted by molar-refractivity contribution is 6.35. The van der Waals surface area contributed by atoms with Crippen molar-refractivity contribution >= 4 is 28.5 Å². The van der Waals surface area contributed by atoms with Crippen LogP contribution in [0.2, 0.25) is 5.02 Å². The normalized spacial score (nSPS) is 11.7. The van der Waals surface area contributed by atoms with Crippen LogP contribution in [0.5, 0.6) is 0 Å². The Morgan fingerprint density at radius 2 is 1.71 bits per heavy atom. The molecule has 3 aromatic rings. The predicted octanol–water partition coefficient (Wildman–Crippen LogP) is 5.27. The molecule has 0 spiro atoms. The lowest BCUT2D eigenvalue weighted by atomic mass is 10.1. The van der Waals surface area contributed by atoms with Gasteiger partial charge in [0.15, 0.2) is 0 Å². The number of carboxylic acids is 1. The zero-order chi connectivity index (χ0) is 17.5. The van der Waals surface area contributed by atoms with Gasteiger partial charge in [0.2, 0.25) is 0 Å². The Kier molecular flexibility index (Phi) is 3.93. The SMILES string of the molecule is O=C(O)c1ccc2c(Cl)cc(-c3ccc(C(F)(F)F)cc3)nc2c1. The van der Waals surface area contributed by atoms with Gasteiger partial charge in [-0.2, -0.15) is 13.2 Å². The summed E-state index contributed by atoms with van der Waals surface area (Å²) < 4.78 is 37.9. The summed E-state index contributed by atoms with van der Waals surface area (Å²) in [6.45, 7) is 0. The second-order valence-corrected chi connectivity index (χ2v) is 5.51. The Balaban J connectivity index is 2.11. The Morgan fingerprint density at radius 1 is 1.04 bits per heavy atom. The molecular formula is C17H9ClF3NO2. The molecule has 1 aromatic heterocycles. The Morgan fingerprint density at radius 3 is 2.29 bits per heavy atom. The van der Waals surface area contributed by atoms with Gasteiger partial charge in [0.05, 0.1) is 27.4 Å². The average molecular weight is 352 g/mol. The molecule has 0 amide bonds. The molecule has 2 aromatic carbocycles. The fourth-order valence-electron chi connectivity index (χ4n) is 2.30. The summed E-state index contributed by atoms with van der Waals surface area (Å²) in [5.74, 6) is -1.10. The lowest BCUT2D eigenvalue weighted by Gasteiger charge is -2.09. The summed E-state index contributed by atoms with van der Waals surface area (Å²) in [7, 11) is 0. The van der Waals surface area contributed by atoms with Crippen LogP contribution in [0.25, 0.3) is 22.2 Å². The van der Waals surface area contributed by atoms with Crippen molar-refractivity contribution in [3.63, 3.8) is 0 Å². The van der Waals surface area contributed by atoms with Crippen LogP contribution in [0.4, 0.5) is 13.2 Å². The van der Waals surface area contributed by atoms with Crippen LogP contribution in [-0.2, 0) is 6.18 Å². The summed E-state index contributed by atoms with van der Waals surface area (Å²) in [6, 6.07) is 10.4. The molecule has 3 nitrogen and oxygen atoms in total. The summed E-state index contributed by atoms with van der Waals surface area (Å²) >= 11 is 6.18. The number of alkyl halides is 3. The van der Waals surface area contributed by atoms with Crippen molar-refractivity contribution in [3.05, 3.63) is 64.7 Å². The quantitative estimate of drug-likeness (QED) is 0.684. The molecule has 24 heavy (non-hydrogen) atoms. The topological polar surface area (TPSA) is 50.2 Å². The van der Waals surface area contributed by atoms with Gasteiger partial charge in [-0.25, -0.2) is 9.78 Å². The van der Waals surface area contributed by atoms with E-state index in [1.54, 1.807) is 6.07 Å².